The van der Waals surface area contributed by atoms with Crippen LogP contribution in [0.4, 0.5) is 0 Å². The molecule has 104 valence electrons. The maximum absolute atomic E-state index is 5.85. The molecule has 0 aromatic heterocycles. The lowest BCUT2D eigenvalue weighted by molar-refractivity contribution is 0.321. The van der Waals surface area contributed by atoms with Crippen molar-refractivity contribution in [3.63, 3.8) is 0 Å². The molecule has 2 aromatic carbocycles. The van der Waals surface area contributed by atoms with E-state index in [4.69, 9.17) is 4.74 Å². The van der Waals surface area contributed by atoms with E-state index in [-0.39, 0.29) is 0 Å². The Labute approximate surface area is 121 Å². The minimum absolute atomic E-state index is 0.691. The second kappa shape index (κ2) is 6.90. The number of ether oxygens (including phenoxy) is 1. The smallest absolute Gasteiger partial charge is 0.119 e. The number of benzene rings is 2. The number of aryl methyl sites for hydroxylation is 1. The fourth-order valence-electron chi connectivity index (χ4n) is 2.11. The highest BCUT2D eigenvalue weighted by atomic mass is 16.5. The molecule has 2 rings (SSSR count). The maximum atomic E-state index is 5.85. The number of aliphatic imine (C=N–C) groups is 1. The zero-order chi connectivity index (χ0) is 14.4. The van der Waals surface area contributed by atoms with Crippen molar-refractivity contribution < 1.29 is 4.74 Å². The molecular weight excluding hydrogens is 246 g/mol. The van der Waals surface area contributed by atoms with Gasteiger partial charge in [-0.25, -0.2) is 0 Å². The third-order valence-electron chi connectivity index (χ3n) is 3.49. The van der Waals surface area contributed by atoms with Crippen LogP contribution in [0.1, 0.15) is 23.6 Å². The average Bonchev–Trinajstić information content (AvgIpc) is 2.49. The number of hydrogen-bond donors (Lipinski definition) is 0. The van der Waals surface area contributed by atoms with E-state index in [2.05, 4.69) is 42.2 Å². The molecule has 0 saturated heterocycles. The lowest BCUT2D eigenvalue weighted by Crippen LogP contribution is -2.03. The van der Waals surface area contributed by atoms with E-state index in [1.54, 1.807) is 7.05 Å². The van der Waals surface area contributed by atoms with Gasteiger partial charge in [0.15, 0.2) is 0 Å². The minimum Gasteiger partial charge on any atom is -0.493 e. The van der Waals surface area contributed by atoms with Crippen LogP contribution in [0.3, 0.4) is 0 Å². The molecule has 0 heterocycles. The summed E-state index contributed by atoms with van der Waals surface area (Å²) in [6.07, 6.45) is 0.928. The molecular formula is C18H21NO. The van der Waals surface area contributed by atoms with Crippen molar-refractivity contribution in [1.29, 1.82) is 0 Å². The van der Waals surface area contributed by atoms with Crippen LogP contribution < -0.4 is 4.74 Å². The Kier molecular flexibility index (Phi) is 4.94. The summed E-state index contributed by atoms with van der Waals surface area (Å²) < 4.78 is 5.85. The number of hydrogen-bond acceptors (Lipinski definition) is 2. The predicted molar refractivity (Wildman–Crippen MR) is 85.0 cm³/mol. The zero-order valence-electron chi connectivity index (χ0n) is 12.4. The molecule has 0 fully saturated rings. The Hall–Kier alpha value is -2.09. The summed E-state index contributed by atoms with van der Waals surface area (Å²) in [7, 11) is 1.81. The standard InChI is InChI=1S/C18H21NO/c1-14-7-4-5-8-16(14)11-12-20-18-10-6-9-17(13-18)15(2)19-3/h4-10,13H,11-12H2,1-3H3/b19-15-. The Morgan fingerprint density at radius 2 is 1.90 bits per heavy atom. The van der Waals surface area contributed by atoms with E-state index in [0.717, 1.165) is 23.4 Å². The van der Waals surface area contributed by atoms with Gasteiger partial charge in [-0.1, -0.05) is 36.4 Å². The first-order valence-electron chi connectivity index (χ1n) is 6.92. The van der Waals surface area contributed by atoms with Crippen LogP contribution in [-0.2, 0) is 6.42 Å². The topological polar surface area (TPSA) is 21.6 Å². The third-order valence-corrected chi connectivity index (χ3v) is 3.49. The van der Waals surface area contributed by atoms with Gasteiger partial charge in [-0.15, -0.1) is 0 Å². The van der Waals surface area contributed by atoms with Crippen LogP contribution in [0, 0.1) is 6.92 Å². The first kappa shape index (κ1) is 14.3. The summed E-state index contributed by atoms with van der Waals surface area (Å²) in [6, 6.07) is 16.5. The molecule has 0 saturated carbocycles. The minimum atomic E-state index is 0.691. The first-order valence-corrected chi connectivity index (χ1v) is 6.92. The van der Waals surface area contributed by atoms with Gasteiger partial charge in [-0.3, -0.25) is 4.99 Å². The van der Waals surface area contributed by atoms with Crippen molar-refractivity contribution in [3.05, 3.63) is 65.2 Å². The van der Waals surface area contributed by atoms with Gasteiger partial charge in [0.2, 0.25) is 0 Å². The molecule has 2 nitrogen and oxygen atoms in total. The lowest BCUT2D eigenvalue weighted by atomic mass is 10.1. The van der Waals surface area contributed by atoms with Crippen LogP contribution in [-0.4, -0.2) is 19.4 Å². The Balaban J connectivity index is 1.96. The molecule has 0 bridgehead atoms. The largest absolute Gasteiger partial charge is 0.493 e. The van der Waals surface area contributed by atoms with Gasteiger partial charge in [-0.05, 0) is 42.7 Å². The summed E-state index contributed by atoms with van der Waals surface area (Å²) in [5.41, 5.74) is 4.80. The van der Waals surface area contributed by atoms with E-state index in [9.17, 15) is 0 Å². The Morgan fingerprint density at radius 3 is 2.65 bits per heavy atom. The van der Waals surface area contributed by atoms with E-state index < -0.39 is 0 Å². The van der Waals surface area contributed by atoms with Crippen molar-refractivity contribution in [1.82, 2.24) is 0 Å². The average molecular weight is 267 g/mol. The molecule has 0 aliphatic carbocycles. The van der Waals surface area contributed by atoms with Crippen LogP contribution in [0.25, 0.3) is 0 Å². The predicted octanol–water partition coefficient (Wildman–Crippen LogP) is 4.06. The molecule has 2 heteroatoms. The third kappa shape index (κ3) is 3.70. The fourth-order valence-corrected chi connectivity index (χ4v) is 2.11. The summed E-state index contributed by atoms with van der Waals surface area (Å²) in [6.45, 7) is 4.83. The lowest BCUT2D eigenvalue weighted by Gasteiger charge is -2.09. The van der Waals surface area contributed by atoms with Crippen LogP contribution in [0.5, 0.6) is 5.75 Å². The van der Waals surface area contributed by atoms with Gasteiger partial charge in [0, 0.05) is 19.2 Å². The van der Waals surface area contributed by atoms with Crippen molar-refractivity contribution in [2.24, 2.45) is 4.99 Å². The van der Waals surface area contributed by atoms with Crippen LogP contribution >= 0.6 is 0 Å². The van der Waals surface area contributed by atoms with E-state index in [0.29, 0.717) is 6.61 Å². The second-order valence-corrected chi connectivity index (χ2v) is 4.86. The van der Waals surface area contributed by atoms with Gasteiger partial charge in [0.25, 0.3) is 0 Å². The highest BCUT2D eigenvalue weighted by Gasteiger charge is 2.01. The summed E-state index contributed by atoms with van der Waals surface area (Å²) in [5.74, 6) is 0.902. The van der Waals surface area contributed by atoms with Crippen molar-refractivity contribution >= 4 is 5.71 Å². The maximum Gasteiger partial charge on any atom is 0.119 e. The molecule has 20 heavy (non-hydrogen) atoms. The molecule has 2 aromatic rings. The van der Waals surface area contributed by atoms with Crippen LogP contribution in [0.15, 0.2) is 53.5 Å². The molecule has 0 N–H and O–H groups in total. The quantitative estimate of drug-likeness (QED) is 0.749. The fraction of sp³-hybridized carbons (Fsp3) is 0.278. The van der Waals surface area contributed by atoms with Gasteiger partial charge >= 0.3 is 0 Å². The van der Waals surface area contributed by atoms with Gasteiger partial charge in [0.05, 0.1) is 6.61 Å². The summed E-state index contributed by atoms with van der Waals surface area (Å²) >= 11 is 0. The first-order chi connectivity index (χ1) is 9.70. The summed E-state index contributed by atoms with van der Waals surface area (Å²) in [4.78, 5) is 4.20. The van der Waals surface area contributed by atoms with Gasteiger partial charge in [0.1, 0.15) is 5.75 Å². The molecule has 0 aliphatic rings. The Morgan fingerprint density at radius 1 is 1.10 bits per heavy atom. The van der Waals surface area contributed by atoms with E-state index in [1.165, 1.54) is 11.1 Å². The zero-order valence-corrected chi connectivity index (χ0v) is 12.4. The van der Waals surface area contributed by atoms with Gasteiger partial charge < -0.3 is 4.74 Å². The number of nitrogens with zero attached hydrogens (tertiary/aromatic N) is 1. The molecule has 0 spiro atoms. The van der Waals surface area contributed by atoms with Crippen molar-refractivity contribution in [2.75, 3.05) is 13.7 Å². The highest BCUT2D eigenvalue weighted by molar-refractivity contribution is 5.98. The van der Waals surface area contributed by atoms with E-state index in [1.807, 2.05) is 25.1 Å². The molecule has 0 atom stereocenters. The van der Waals surface area contributed by atoms with Crippen molar-refractivity contribution in [3.8, 4) is 5.75 Å². The SMILES string of the molecule is C/N=C(/C)c1cccc(OCCc2ccccc2C)c1. The second-order valence-electron chi connectivity index (χ2n) is 4.86. The number of rotatable bonds is 5. The molecule has 0 unspecified atom stereocenters. The monoisotopic (exact) mass is 267 g/mol. The highest BCUT2D eigenvalue weighted by Crippen LogP contribution is 2.15. The molecule has 0 aliphatic heterocycles. The molecule has 0 radical (unpaired) electrons. The normalized spacial score (nSPS) is 11.4. The van der Waals surface area contributed by atoms with E-state index >= 15 is 0 Å². The molecule has 0 amide bonds. The van der Waals surface area contributed by atoms with Crippen LogP contribution in [0.2, 0.25) is 0 Å². The Bertz CT molecular complexity index is 602. The van der Waals surface area contributed by atoms with Crippen molar-refractivity contribution in [2.45, 2.75) is 20.3 Å². The van der Waals surface area contributed by atoms with Gasteiger partial charge in [-0.2, -0.15) is 0 Å². The summed E-state index contributed by atoms with van der Waals surface area (Å²) in [5, 5.41) is 0.